The first-order chi connectivity index (χ1) is 14.2. The van der Waals surface area contributed by atoms with Crippen LogP contribution >= 0.6 is 0 Å². The molecule has 2 aromatic carbocycles. The van der Waals surface area contributed by atoms with E-state index in [1.165, 1.54) is 12.1 Å². The minimum Gasteiger partial charge on any atom is -0.441 e. The van der Waals surface area contributed by atoms with E-state index in [1.807, 2.05) is 24.3 Å². The molecule has 148 valence electrons. The maximum Gasteiger partial charge on any atom is 0.220 e. The quantitative estimate of drug-likeness (QED) is 0.443. The predicted octanol–water partition coefficient (Wildman–Crippen LogP) is 4.04. The lowest BCUT2D eigenvalue weighted by Gasteiger charge is -2.03. The number of halogens is 1. The van der Waals surface area contributed by atoms with Crippen molar-refractivity contribution >= 4 is 16.9 Å². The van der Waals surface area contributed by atoms with Crippen LogP contribution in [0.15, 0.2) is 59.1 Å². The molecule has 2 heterocycles. The zero-order chi connectivity index (χ0) is 20.1. The maximum atomic E-state index is 13.0. The number of nitrogens with one attached hydrogen (secondary N) is 2. The number of fused-ring (bicyclic) bond motifs is 1. The Balaban J connectivity index is 1.19. The van der Waals surface area contributed by atoms with Gasteiger partial charge in [-0.1, -0.05) is 12.1 Å². The summed E-state index contributed by atoms with van der Waals surface area (Å²) in [5.41, 5.74) is 2.73. The normalized spacial score (nSPS) is 11.1. The Morgan fingerprint density at radius 2 is 1.93 bits per heavy atom. The topological polar surface area (TPSA) is 83.8 Å². The standard InChI is InChI=1S/C22H21FN4O2/c23-16-9-7-15(8-10-16)19-14-25-22(29-19)12-11-21(28)24-13-3-6-20-26-17-4-1-2-5-18(17)27-20/h1-2,4-5,7-10,14H,3,6,11-13H2,(H,24,28)(H,26,27). The first kappa shape index (κ1) is 18.9. The van der Waals surface area contributed by atoms with Crippen molar-refractivity contribution in [1.82, 2.24) is 20.3 Å². The summed E-state index contributed by atoms with van der Waals surface area (Å²) in [6.45, 7) is 0.586. The number of imidazole rings is 1. The van der Waals surface area contributed by atoms with E-state index >= 15 is 0 Å². The summed E-state index contributed by atoms with van der Waals surface area (Å²) in [6, 6.07) is 13.9. The molecule has 4 aromatic rings. The van der Waals surface area contributed by atoms with Crippen LogP contribution in [-0.2, 0) is 17.6 Å². The molecule has 7 heteroatoms. The molecule has 29 heavy (non-hydrogen) atoms. The second-order valence-electron chi connectivity index (χ2n) is 6.78. The number of rotatable bonds is 8. The number of aromatic amines is 1. The Labute approximate surface area is 167 Å². The van der Waals surface area contributed by atoms with Gasteiger partial charge in [0.25, 0.3) is 0 Å². The van der Waals surface area contributed by atoms with Crippen LogP contribution in [0.1, 0.15) is 24.6 Å². The number of amides is 1. The van der Waals surface area contributed by atoms with Crippen LogP contribution in [0.2, 0.25) is 0 Å². The number of aryl methyl sites for hydroxylation is 2. The highest BCUT2D eigenvalue weighted by atomic mass is 19.1. The third-order valence-electron chi connectivity index (χ3n) is 4.60. The molecule has 0 unspecified atom stereocenters. The highest BCUT2D eigenvalue weighted by Crippen LogP contribution is 2.21. The summed E-state index contributed by atoms with van der Waals surface area (Å²) in [6.07, 6.45) is 3.88. The predicted molar refractivity (Wildman–Crippen MR) is 108 cm³/mol. The second kappa shape index (κ2) is 8.68. The zero-order valence-corrected chi connectivity index (χ0v) is 15.8. The SMILES string of the molecule is O=C(CCc1ncc(-c2ccc(F)cc2)o1)NCCCc1nc2ccccc2[nH]1. The van der Waals surface area contributed by atoms with Gasteiger partial charge in [-0.25, -0.2) is 14.4 Å². The monoisotopic (exact) mass is 392 g/mol. The van der Waals surface area contributed by atoms with Crippen molar-refractivity contribution in [2.24, 2.45) is 0 Å². The Kier molecular flexibility index (Phi) is 5.65. The number of benzene rings is 2. The van der Waals surface area contributed by atoms with Crippen LogP contribution in [0.4, 0.5) is 4.39 Å². The van der Waals surface area contributed by atoms with Crippen molar-refractivity contribution in [2.75, 3.05) is 6.54 Å². The van der Waals surface area contributed by atoms with E-state index in [4.69, 9.17) is 4.42 Å². The number of carbonyl (C=O) groups excluding carboxylic acids is 1. The Morgan fingerprint density at radius 1 is 1.10 bits per heavy atom. The van der Waals surface area contributed by atoms with Crippen LogP contribution in [-0.4, -0.2) is 27.4 Å². The van der Waals surface area contributed by atoms with Crippen molar-refractivity contribution in [3.63, 3.8) is 0 Å². The summed E-state index contributed by atoms with van der Waals surface area (Å²) in [5.74, 6) is 1.63. The van der Waals surface area contributed by atoms with Crippen LogP contribution in [0, 0.1) is 5.82 Å². The van der Waals surface area contributed by atoms with Crippen molar-refractivity contribution in [3.05, 3.63) is 72.3 Å². The lowest BCUT2D eigenvalue weighted by Crippen LogP contribution is -2.25. The van der Waals surface area contributed by atoms with E-state index in [0.717, 1.165) is 35.3 Å². The first-order valence-electron chi connectivity index (χ1n) is 9.58. The second-order valence-corrected chi connectivity index (χ2v) is 6.78. The third-order valence-corrected chi connectivity index (χ3v) is 4.60. The molecule has 0 saturated carbocycles. The minimum absolute atomic E-state index is 0.0452. The molecular formula is C22H21FN4O2. The fourth-order valence-corrected chi connectivity index (χ4v) is 3.09. The van der Waals surface area contributed by atoms with Gasteiger partial charge >= 0.3 is 0 Å². The minimum atomic E-state index is -0.300. The van der Waals surface area contributed by atoms with Gasteiger partial charge in [-0.05, 0) is 42.8 Å². The number of para-hydroxylation sites is 2. The molecule has 0 bridgehead atoms. The van der Waals surface area contributed by atoms with E-state index in [1.54, 1.807) is 18.3 Å². The molecule has 0 fully saturated rings. The maximum absolute atomic E-state index is 13.0. The highest BCUT2D eigenvalue weighted by Gasteiger charge is 2.09. The molecule has 6 nitrogen and oxygen atoms in total. The lowest BCUT2D eigenvalue weighted by molar-refractivity contribution is -0.121. The first-order valence-corrected chi connectivity index (χ1v) is 9.58. The largest absolute Gasteiger partial charge is 0.441 e. The van der Waals surface area contributed by atoms with Crippen molar-refractivity contribution in [3.8, 4) is 11.3 Å². The highest BCUT2D eigenvalue weighted by molar-refractivity contribution is 5.76. The molecule has 0 radical (unpaired) electrons. The molecule has 4 rings (SSSR count). The van der Waals surface area contributed by atoms with E-state index in [2.05, 4.69) is 20.3 Å². The fraction of sp³-hybridized carbons (Fsp3) is 0.227. The number of H-pyrrole nitrogens is 1. The van der Waals surface area contributed by atoms with Gasteiger partial charge in [0, 0.05) is 31.4 Å². The van der Waals surface area contributed by atoms with Crippen LogP contribution < -0.4 is 5.32 Å². The van der Waals surface area contributed by atoms with E-state index in [9.17, 15) is 9.18 Å². The van der Waals surface area contributed by atoms with Crippen molar-refractivity contribution in [1.29, 1.82) is 0 Å². The Morgan fingerprint density at radius 3 is 2.76 bits per heavy atom. The van der Waals surface area contributed by atoms with Crippen LogP contribution in [0.5, 0.6) is 0 Å². The molecule has 0 aliphatic carbocycles. The van der Waals surface area contributed by atoms with Crippen molar-refractivity contribution in [2.45, 2.75) is 25.7 Å². The van der Waals surface area contributed by atoms with E-state index < -0.39 is 0 Å². The number of hydrogen-bond acceptors (Lipinski definition) is 4. The number of nitrogens with zero attached hydrogens (tertiary/aromatic N) is 2. The Hall–Kier alpha value is -3.48. The zero-order valence-electron chi connectivity index (χ0n) is 15.8. The summed E-state index contributed by atoms with van der Waals surface area (Å²) in [5, 5.41) is 2.91. The molecule has 2 N–H and O–H groups in total. The fourth-order valence-electron chi connectivity index (χ4n) is 3.09. The number of carbonyl (C=O) groups is 1. The van der Waals surface area contributed by atoms with Gasteiger partial charge in [0.2, 0.25) is 5.91 Å². The molecular weight excluding hydrogens is 371 g/mol. The van der Waals surface area contributed by atoms with Gasteiger partial charge < -0.3 is 14.7 Å². The molecule has 0 atom stereocenters. The lowest BCUT2D eigenvalue weighted by atomic mass is 10.2. The molecule has 0 spiro atoms. The van der Waals surface area contributed by atoms with E-state index in [-0.39, 0.29) is 11.7 Å². The number of oxazole rings is 1. The molecule has 2 aromatic heterocycles. The molecule has 0 aliphatic heterocycles. The number of aromatic nitrogens is 3. The summed E-state index contributed by atoms with van der Waals surface area (Å²) >= 11 is 0. The van der Waals surface area contributed by atoms with Crippen molar-refractivity contribution < 1.29 is 13.6 Å². The van der Waals surface area contributed by atoms with Gasteiger partial charge in [-0.2, -0.15) is 0 Å². The van der Waals surface area contributed by atoms with Gasteiger partial charge in [-0.15, -0.1) is 0 Å². The van der Waals surface area contributed by atoms with Gasteiger partial charge in [-0.3, -0.25) is 4.79 Å². The average Bonchev–Trinajstić information content (AvgIpc) is 3.37. The van der Waals surface area contributed by atoms with Gasteiger partial charge in [0.1, 0.15) is 11.6 Å². The number of hydrogen-bond donors (Lipinski definition) is 2. The molecule has 1 amide bonds. The molecule has 0 aliphatic rings. The van der Waals surface area contributed by atoms with Crippen LogP contribution in [0.25, 0.3) is 22.4 Å². The van der Waals surface area contributed by atoms with Gasteiger partial charge in [0.05, 0.1) is 17.2 Å². The summed E-state index contributed by atoms with van der Waals surface area (Å²) in [4.78, 5) is 24.0. The third kappa shape index (κ3) is 4.87. The summed E-state index contributed by atoms with van der Waals surface area (Å²) < 4.78 is 18.6. The van der Waals surface area contributed by atoms with Crippen LogP contribution in [0.3, 0.4) is 0 Å². The smallest absolute Gasteiger partial charge is 0.220 e. The average molecular weight is 392 g/mol. The molecule has 0 saturated heterocycles. The van der Waals surface area contributed by atoms with Gasteiger partial charge in [0.15, 0.2) is 11.7 Å². The Bertz CT molecular complexity index is 1070. The van der Waals surface area contributed by atoms with E-state index in [0.29, 0.717) is 31.0 Å². The summed E-state index contributed by atoms with van der Waals surface area (Å²) in [7, 11) is 0.